The number of hydrogen-bond acceptors (Lipinski definition) is 2. The molecule has 0 fully saturated rings. The number of nitrogens with one attached hydrogen (secondary N) is 1. The molecule has 3 heteroatoms. The van der Waals surface area contributed by atoms with Crippen LogP contribution in [-0.4, -0.2) is 18.0 Å². The Morgan fingerprint density at radius 3 is 2.64 bits per heavy atom. The quantitative estimate of drug-likeness (QED) is 0.492. The molecule has 3 nitrogen and oxygen atoms in total. The maximum absolute atomic E-state index is 11.4. The Balaban J connectivity index is 3.62. The van der Waals surface area contributed by atoms with E-state index in [1.54, 1.807) is 0 Å². The molecule has 0 aromatic carbocycles. The summed E-state index contributed by atoms with van der Waals surface area (Å²) in [6.45, 7) is 4.27. The zero-order valence-electron chi connectivity index (χ0n) is 9.10. The van der Waals surface area contributed by atoms with Crippen LogP contribution >= 0.6 is 0 Å². The van der Waals surface area contributed by atoms with Crippen LogP contribution < -0.4 is 11.1 Å². The second kappa shape index (κ2) is 6.44. The van der Waals surface area contributed by atoms with Crippen LogP contribution in [0.25, 0.3) is 0 Å². The van der Waals surface area contributed by atoms with Crippen LogP contribution in [0.4, 0.5) is 0 Å². The first-order chi connectivity index (χ1) is 6.52. The summed E-state index contributed by atoms with van der Waals surface area (Å²) in [5.41, 5.74) is 5.19. The normalized spacial score (nSPS) is 10.7. The number of carbonyl (C=O) groups excluding carboxylic acids is 1. The number of rotatable bonds is 6. The number of terminal acetylenes is 1. The molecule has 0 saturated heterocycles. The van der Waals surface area contributed by atoms with Crippen LogP contribution in [0.3, 0.4) is 0 Å². The zero-order chi connectivity index (χ0) is 11.0. The molecule has 80 valence electrons. The molecule has 0 heterocycles. The van der Waals surface area contributed by atoms with Crippen LogP contribution in [0, 0.1) is 12.3 Å². The minimum atomic E-state index is -0.302. The summed E-state index contributed by atoms with van der Waals surface area (Å²) in [6.07, 6.45) is 8.13. The fourth-order valence-corrected chi connectivity index (χ4v) is 1.00. The summed E-state index contributed by atoms with van der Waals surface area (Å²) in [5.74, 6) is 2.60. The third-order valence-electron chi connectivity index (χ3n) is 1.96. The second-order valence-electron chi connectivity index (χ2n) is 4.05. The Kier molecular flexibility index (Phi) is 5.98. The number of unbranched alkanes of at least 4 members (excludes halogenated alkanes) is 2. The molecule has 0 aliphatic carbocycles. The van der Waals surface area contributed by atoms with Gasteiger partial charge in [0, 0.05) is 24.9 Å². The van der Waals surface area contributed by atoms with Crippen molar-refractivity contribution in [3.05, 3.63) is 0 Å². The molecule has 0 saturated carbocycles. The molecule has 0 bridgehead atoms. The van der Waals surface area contributed by atoms with Gasteiger partial charge in [0.2, 0.25) is 5.91 Å². The van der Waals surface area contributed by atoms with Gasteiger partial charge in [-0.15, -0.1) is 12.3 Å². The first-order valence-electron chi connectivity index (χ1n) is 4.96. The van der Waals surface area contributed by atoms with Crippen molar-refractivity contribution in [2.45, 2.75) is 45.1 Å². The third-order valence-corrected chi connectivity index (χ3v) is 1.96. The van der Waals surface area contributed by atoms with Gasteiger partial charge in [0.25, 0.3) is 0 Å². The molecule has 0 unspecified atom stereocenters. The Labute approximate surface area is 86.4 Å². The Morgan fingerprint density at radius 2 is 2.14 bits per heavy atom. The highest BCUT2D eigenvalue weighted by Gasteiger charge is 2.17. The molecule has 0 rings (SSSR count). The van der Waals surface area contributed by atoms with E-state index in [1.807, 2.05) is 13.8 Å². The van der Waals surface area contributed by atoms with Gasteiger partial charge in [-0.1, -0.05) is 0 Å². The van der Waals surface area contributed by atoms with Crippen LogP contribution in [0.15, 0.2) is 0 Å². The van der Waals surface area contributed by atoms with Gasteiger partial charge in [-0.05, 0) is 26.7 Å². The molecule has 3 N–H and O–H groups in total. The molecule has 0 spiro atoms. The van der Waals surface area contributed by atoms with E-state index in [9.17, 15) is 4.79 Å². The smallest absolute Gasteiger partial charge is 0.220 e. The summed E-state index contributed by atoms with van der Waals surface area (Å²) in [4.78, 5) is 11.4. The highest BCUT2D eigenvalue weighted by Crippen LogP contribution is 2.02. The molecule has 14 heavy (non-hydrogen) atoms. The Hall–Kier alpha value is -1.01. The van der Waals surface area contributed by atoms with E-state index in [-0.39, 0.29) is 11.4 Å². The lowest BCUT2D eigenvalue weighted by Crippen LogP contribution is -2.48. The average molecular weight is 196 g/mol. The number of amides is 1. The third kappa shape index (κ3) is 6.50. The van der Waals surface area contributed by atoms with E-state index in [0.717, 1.165) is 19.3 Å². The van der Waals surface area contributed by atoms with Gasteiger partial charge in [-0.3, -0.25) is 4.79 Å². The van der Waals surface area contributed by atoms with Gasteiger partial charge in [0.05, 0.1) is 0 Å². The first kappa shape index (κ1) is 13.0. The predicted octanol–water partition coefficient (Wildman–Crippen LogP) is 1.03. The summed E-state index contributed by atoms with van der Waals surface area (Å²) in [7, 11) is 0. The van der Waals surface area contributed by atoms with Crippen molar-refractivity contribution >= 4 is 5.91 Å². The van der Waals surface area contributed by atoms with E-state index < -0.39 is 0 Å². The summed E-state index contributed by atoms with van der Waals surface area (Å²) in [6, 6.07) is 0. The van der Waals surface area contributed by atoms with Crippen LogP contribution in [-0.2, 0) is 4.79 Å². The molecular weight excluding hydrogens is 176 g/mol. The van der Waals surface area contributed by atoms with Gasteiger partial charge < -0.3 is 11.1 Å². The Bertz CT molecular complexity index is 216. The van der Waals surface area contributed by atoms with Crippen LogP contribution in [0.1, 0.15) is 39.5 Å². The lowest BCUT2D eigenvalue weighted by molar-refractivity contribution is -0.122. The van der Waals surface area contributed by atoms with Crippen LogP contribution in [0.2, 0.25) is 0 Å². The predicted molar refractivity (Wildman–Crippen MR) is 58.6 cm³/mol. The zero-order valence-corrected chi connectivity index (χ0v) is 9.10. The van der Waals surface area contributed by atoms with Gasteiger partial charge in [0.15, 0.2) is 0 Å². The number of nitrogens with two attached hydrogens (primary N) is 1. The van der Waals surface area contributed by atoms with E-state index in [0.29, 0.717) is 13.0 Å². The molecule has 0 aromatic rings. The van der Waals surface area contributed by atoms with Crippen molar-refractivity contribution in [2.24, 2.45) is 5.73 Å². The molecule has 0 aromatic heterocycles. The first-order valence-corrected chi connectivity index (χ1v) is 4.96. The summed E-state index contributed by atoms with van der Waals surface area (Å²) in [5, 5.41) is 2.87. The van der Waals surface area contributed by atoms with E-state index >= 15 is 0 Å². The minimum Gasteiger partial charge on any atom is -0.350 e. The summed E-state index contributed by atoms with van der Waals surface area (Å²) >= 11 is 0. The molecule has 0 aliphatic heterocycles. The van der Waals surface area contributed by atoms with Crippen LogP contribution in [0.5, 0.6) is 0 Å². The highest BCUT2D eigenvalue weighted by molar-refractivity contribution is 5.76. The van der Waals surface area contributed by atoms with Gasteiger partial charge in [-0.2, -0.15) is 0 Å². The lowest BCUT2D eigenvalue weighted by atomic mass is 10.1. The SMILES string of the molecule is C#CCCCCC(=O)NC(C)(C)CN. The standard InChI is InChI=1S/C11H20N2O/c1-4-5-6-7-8-10(14)13-11(2,3)9-12/h1H,5-9,12H2,2-3H3,(H,13,14). The summed E-state index contributed by atoms with van der Waals surface area (Å²) < 4.78 is 0. The Morgan fingerprint density at radius 1 is 1.50 bits per heavy atom. The van der Waals surface area contributed by atoms with Gasteiger partial charge in [-0.25, -0.2) is 0 Å². The van der Waals surface area contributed by atoms with Crippen molar-refractivity contribution in [1.29, 1.82) is 0 Å². The number of carbonyl (C=O) groups is 1. The second-order valence-corrected chi connectivity index (χ2v) is 4.05. The van der Waals surface area contributed by atoms with Gasteiger partial charge >= 0.3 is 0 Å². The maximum atomic E-state index is 11.4. The van der Waals surface area contributed by atoms with Crippen molar-refractivity contribution < 1.29 is 4.79 Å². The van der Waals surface area contributed by atoms with Gasteiger partial charge in [0.1, 0.15) is 0 Å². The largest absolute Gasteiger partial charge is 0.350 e. The fourth-order valence-electron chi connectivity index (χ4n) is 1.00. The molecule has 0 aliphatic rings. The van der Waals surface area contributed by atoms with E-state index in [4.69, 9.17) is 12.2 Å². The lowest BCUT2D eigenvalue weighted by Gasteiger charge is -2.24. The van der Waals surface area contributed by atoms with Crippen molar-refractivity contribution in [2.75, 3.05) is 6.54 Å². The minimum absolute atomic E-state index is 0.0532. The molecule has 0 radical (unpaired) electrons. The van der Waals surface area contributed by atoms with Crippen molar-refractivity contribution in [3.63, 3.8) is 0 Å². The van der Waals surface area contributed by atoms with Crippen molar-refractivity contribution in [3.8, 4) is 12.3 Å². The number of hydrogen-bond donors (Lipinski definition) is 2. The van der Waals surface area contributed by atoms with E-state index in [1.165, 1.54) is 0 Å². The maximum Gasteiger partial charge on any atom is 0.220 e. The topological polar surface area (TPSA) is 55.1 Å². The average Bonchev–Trinajstić information content (AvgIpc) is 2.12. The highest BCUT2D eigenvalue weighted by atomic mass is 16.1. The van der Waals surface area contributed by atoms with Crippen molar-refractivity contribution in [1.82, 2.24) is 5.32 Å². The molecular formula is C11H20N2O. The molecule has 1 amide bonds. The van der Waals surface area contributed by atoms with E-state index in [2.05, 4.69) is 11.2 Å². The fraction of sp³-hybridized carbons (Fsp3) is 0.727. The molecule has 0 atom stereocenters. The monoisotopic (exact) mass is 196 g/mol.